The zero-order chi connectivity index (χ0) is 12.0. The van der Waals surface area contributed by atoms with Crippen molar-refractivity contribution >= 4 is 23.5 Å². The van der Waals surface area contributed by atoms with Crippen LogP contribution in [0.4, 0.5) is 5.82 Å². The van der Waals surface area contributed by atoms with Crippen molar-refractivity contribution in [2.45, 2.75) is 26.4 Å². The van der Waals surface area contributed by atoms with Gasteiger partial charge in [-0.2, -0.15) is 16.9 Å². The Morgan fingerprint density at radius 2 is 2.50 bits per heavy atom. The number of nitrogens with two attached hydrogens (primary N) is 1. The van der Waals surface area contributed by atoms with Gasteiger partial charge in [0, 0.05) is 18.0 Å². The maximum Gasteiger partial charge on any atom is 0.241 e. The standard InChI is InChI=1S/C10H18N4OS/c1-3-16-7-8(2)12-10(15)6-14-5-4-9(11)13-14/h4-5,8H,3,6-7H2,1-2H3,(H2,11,13)(H,12,15). The predicted octanol–water partition coefficient (Wildman–Crippen LogP) is 0.723. The van der Waals surface area contributed by atoms with Crippen LogP contribution in [0.15, 0.2) is 12.3 Å². The molecule has 3 N–H and O–H groups in total. The molecule has 1 aromatic rings. The van der Waals surface area contributed by atoms with Crippen LogP contribution in [0, 0.1) is 0 Å². The summed E-state index contributed by atoms with van der Waals surface area (Å²) in [5.74, 6) is 2.40. The van der Waals surface area contributed by atoms with Crippen LogP contribution in [0.25, 0.3) is 0 Å². The maximum atomic E-state index is 11.6. The molecule has 0 fully saturated rings. The average molecular weight is 242 g/mol. The fraction of sp³-hybridized carbons (Fsp3) is 0.600. The van der Waals surface area contributed by atoms with Crippen molar-refractivity contribution in [3.8, 4) is 0 Å². The number of carbonyl (C=O) groups excluding carboxylic acids is 1. The molecule has 1 unspecified atom stereocenters. The molecule has 0 aliphatic carbocycles. The van der Waals surface area contributed by atoms with Gasteiger partial charge in [0.15, 0.2) is 0 Å². The van der Waals surface area contributed by atoms with E-state index < -0.39 is 0 Å². The van der Waals surface area contributed by atoms with Gasteiger partial charge in [-0.1, -0.05) is 6.92 Å². The Kier molecular flexibility index (Phi) is 5.18. The van der Waals surface area contributed by atoms with Gasteiger partial charge in [0.2, 0.25) is 5.91 Å². The minimum Gasteiger partial charge on any atom is -0.382 e. The lowest BCUT2D eigenvalue weighted by Crippen LogP contribution is -2.36. The smallest absolute Gasteiger partial charge is 0.241 e. The van der Waals surface area contributed by atoms with E-state index in [-0.39, 0.29) is 18.5 Å². The van der Waals surface area contributed by atoms with Crippen molar-refractivity contribution < 1.29 is 4.79 Å². The number of aromatic nitrogens is 2. The number of anilines is 1. The molecule has 90 valence electrons. The lowest BCUT2D eigenvalue weighted by atomic mass is 10.4. The topological polar surface area (TPSA) is 72.9 Å². The van der Waals surface area contributed by atoms with Gasteiger partial charge in [-0.3, -0.25) is 9.48 Å². The highest BCUT2D eigenvalue weighted by Crippen LogP contribution is 2.01. The van der Waals surface area contributed by atoms with Gasteiger partial charge in [-0.05, 0) is 18.7 Å². The van der Waals surface area contributed by atoms with Crippen LogP contribution in [0.3, 0.4) is 0 Å². The summed E-state index contributed by atoms with van der Waals surface area (Å²) in [6, 6.07) is 1.86. The molecule has 1 aromatic heterocycles. The quantitative estimate of drug-likeness (QED) is 0.771. The number of hydrogen-bond donors (Lipinski definition) is 2. The Morgan fingerprint density at radius 3 is 3.06 bits per heavy atom. The first-order valence-corrected chi connectivity index (χ1v) is 6.43. The van der Waals surface area contributed by atoms with Crippen LogP contribution in [0.1, 0.15) is 13.8 Å². The monoisotopic (exact) mass is 242 g/mol. The maximum absolute atomic E-state index is 11.6. The molecular weight excluding hydrogens is 224 g/mol. The highest BCUT2D eigenvalue weighted by Gasteiger charge is 2.08. The summed E-state index contributed by atoms with van der Waals surface area (Å²) in [6.45, 7) is 4.32. The summed E-state index contributed by atoms with van der Waals surface area (Å²) in [6.07, 6.45) is 1.69. The number of rotatable bonds is 6. The number of amides is 1. The first-order valence-electron chi connectivity index (χ1n) is 5.28. The second kappa shape index (κ2) is 6.42. The molecule has 0 radical (unpaired) electrons. The second-order valence-electron chi connectivity index (χ2n) is 3.57. The highest BCUT2D eigenvalue weighted by atomic mass is 32.2. The zero-order valence-corrected chi connectivity index (χ0v) is 10.5. The predicted molar refractivity (Wildman–Crippen MR) is 67.2 cm³/mol. The van der Waals surface area contributed by atoms with Gasteiger partial charge < -0.3 is 11.1 Å². The van der Waals surface area contributed by atoms with E-state index in [9.17, 15) is 4.79 Å². The number of nitrogens with zero attached hydrogens (tertiary/aromatic N) is 2. The third kappa shape index (κ3) is 4.57. The summed E-state index contributed by atoms with van der Waals surface area (Å²) in [5.41, 5.74) is 5.45. The molecule has 0 aliphatic heterocycles. The van der Waals surface area contributed by atoms with Gasteiger partial charge in [-0.25, -0.2) is 0 Å². The summed E-state index contributed by atoms with van der Waals surface area (Å²) in [7, 11) is 0. The van der Waals surface area contributed by atoms with E-state index in [1.165, 1.54) is 4.68 Å². The molecule has 1 heterocycles. The van der Waals surface area contributed by atoms with Crippen LogP contribution in [-0.2, 0) is 11.3 Å². The molecule has 5 nitrogen and oxygen atoms in total. The second-order valence-corrected chi connectivity index (χ2v) is 4.89. The van der Waals surface area contributed by atoms with E-state index in [0.717, 1.165) is 11.5 Å². The Labute approximate surface area is 99.8 Å². The van der Waals surface area contributed by atoms with Crippen LogP contribution in [0.5, 0.6) is 0 Å². The first-order chi connectivity index (χ1) is 7.61. The normalized spacial score (nSPS) is 12.4. The van der Waals surface area contributed by atoms with Crippen LogP contribution >= 0.6 is 11.8 Å². The van der Waals surface area contributed by atoms with Gasteiger partial charge in [0.05, 0.1) is 0 Å². The number of hydrogen-bond acceptors (Lipinski definition) is 4. The van der Waals surface area contributed by atoms with Crippen molar-refractivity contribution in [2.24, 2.45) is 0 Å². The van der Waals surface area contributed by atoms with E-state index in [0.29, 0.717) is 5.82 Å². The molecule has 0 bridgehead atoms. The van der Waals surface area contributed by atoms with E-state index in [1.807, 2.05) is 18.7 Å². The average Bonchev–Trinajstić information content (AvgIpc) is 2.60. The molecule has 0 aliphatic rings. The van der Waals surface area contributed by atoms with Crippen molar-refractivity contribution in [1.82, 2.24) is 15.1 Å². The molecule has 1 amide bonds. The Bertz CT molecular complexity index is 339. The fourth-order valence-corrected chi connectivity index (χ4v) is 1.94. The summed E-state index contributed by atoms with van der Waals surface area (Å²) in [4.78, 5) is 11.6. The molecule has 0 aromatic carbocycles. The van der Waals surface area contributed by atoms with Gasteiger partial charge in [-0.15, -0.1) is 0 Å². The SMILES string of the molecule is CCSCC(C)NC(=O)Cn1ccc(N)n1. The third-order valence-electron chi connectivity index (χ3n) is 1.95. The Morgan fingerprint density at radius 1 is 1.75 bits per heavy atom. The lowest BCUT2D eigenvalue weighted by Gasteiger charge is -2.12. The molecule has 0 spiro atoms. The summed E-state index contributed by atoms with van der Waals surface area (Å²) < 4.78 is 1.53. The molecule has 0 saturated carbocycles. The third-order valence-corrected chi connectivity index (χ3v) is 3.09. The molecule has 6 heteroatoms. The Hall–Kier alpha value is -1.17. The van der Waals surface area contributed by atoms with E-state index in [4.69, 9.17) is 5.73 Å². The van der Waals surface area contributed by atoms with Crippen LogP contribution in [-0.4, -0.2) is 33.2 Å². The largest absolute Gasteiger partial charge is 0.382 e. The fourth-order valence-electron chi connectivity index (χ4n) is 1.27. The van der Waals surface area contributed by atoms with Crippen LogP contribution < -0.4 is 11.1 Å². The minimum atomic E-state index is -0.0349. The number of thioether (sulfide) groups is 1. The molecule has 16 heavy (non-hydrogen) atoms. The summed E-state index contributed by atoms with van der Waals surface area (Å²) in [5, 5.41) is 6.86. The highest BCUT2D eigenvalue weighted by molar-refractivity contribution is 7.99. The number of nitrogen functional groups attached to an aromatic ring is 1. The Balaban J connectivity index is 2.30. The van der Waals surface area contributed by atoms with E-state index in [2.05, 4.69) is 17.3 Å². The molecule has 1 atom stereocenters. The summed E-state index contributed by atoms with van der Waals surface area (Å²) >= 11 is 1.81. The van der Waals surface area contributed by atoms with Crippen molar-refractivity contribution in [3.63, 3.8) is 0 Å². The lowest BCUT2D eigenvalue weighted by molar-refractivity contribution is -0.122. The van der Waals surface area contributed by atoms with Crippen molar-refractivity contribution in [2.75, 3.05) is 17.2 Å². The van der Waals surface area contributed by atoms with Crippen molar-refractivity contribution in [3.05, 3.63) is 12.3 Å². The minimum absolute atomic E-state index is 0.0349. The molecule has 1 rings (SSSR count). The molecular formula is C10H18N4OS. The van der Waals surface area contributed by atoms with Crippen molar-refractivity contribution in [1.29, 1.82) is 0 Å². The van der Waals surface area contributed by atoms with Gasteiger partial charge in [0.25, 0.3) is 0 Å². The number of carbonyl (C=O) groups is 1. The zero-order valence-electron chi connectivity index (χ0n) is 9.64. The van der Waals surface area contributed by atoms with E-state index >= 15 is 0 Å². The van der Waals surface area contributed by atoms with Crippen LogP contribution in [0.2, 0.25) is 0 Å². The van der Waals surface area contributed by atoms with Gasteiger partial charge in [0.1, 0.15) is 12.4 Å². The number of nitrogens with one attached hydrogen (secondary N) is 1. The van der Waals surface area contributed by atoms with E-state index in [1.54, 1.807) is 12.3 Å². The molecule has 0 saturated heterocycles. The van der Waals surface area contributed by atoms with Gasteiger partial charge >= 0.3 is 0 Å². The first kappa shape index (κ1) is 12.9.